The van der Waals surface area contributed by atoms with Crippen molar-refractivity contribution in [2.75, 3.05) is 26.0 Å². The Morgan fingerprint density at radius 3 is 2.40 bits per heavy atom. The lowest BCUT2D eigenvalue weighted by Crippen LogP contribution is -2.60. The van der Waals surface area contributed by atoms with Gasteiger partial charge in [-0.15, -0.1) is 0 Å². The molecule has 2 nitrogen and oxygen atoms in total. The minimum atomic E-state index is 0.311. The fraction of sp³-hybridized carbons (Fsp3) is 1.00. The van der Waals surface area contributed by atoms with Crippen molar-refractivity contribution in [2.24, 2.45) is 5.41 Å². The van der Waals surface area contributed by atoms with Gasteiger partial charge in [-0.1, -0.05) is 12.8 Å². The number of hydrogen-bond acceptors (Lipinski definition) is 3. The highest BCUT2D eigenvalue weighted by molar-refractivity contribution is 7.99. The van der Waals surface area contributed by atoms with E-state index in [4.69, 9.17) is 0 Å². The summed E-state index contributed by atoms with van der Waals surface area (Å²) in [6, 6.07) is 0.538. The maximum Gasteiger partial charge on any atom is 0.0565 e. The van der Waals surface area contributed by atoms with Crippen molar-refractivity contribution in [3.05, 3.63) is 0 Å². The van der Waals surface area contributed by atoms with Gasteiger partial charge in [0, 0.05) is 24.4 Å². The van der Waals surface area contributed by atoms with Gasteiger partial charge < -0.3 is 5.11 Å². The zero-order valence-corrected chi connectivity index (χ0v) is 10.7. The fourth-order valence-corrected chi connectivity index (χ4v) is 3.92. The molecule has 2 fully saturated rings. The normalized spacial score (nSPS) is 29.0. The summed E-state index contributed by atoms with van der Waals surface area (Å²) in [6.45, 7) is 5.14. The van der Waals surface area contributed by atoms with E-state index in [1.165, 1.54) is 38.8 Å². The summed E-state index contributed by atoms with van der Waals surface area (Å²) in [7, 11) is 0. The maximum absolute atomic E-state index is 9.27. The van der Waals surface area contributed by atoms with Gasteiger partial charge >= 0.3 is 0 Å². The number of likely N-dealkylation sites (tertiary alicyclic amines) is 1. The highest BCUT2D eigenvalue weighted by atomic mass is 32.2. The topological polar surface area (TPSA) is 23.5 Å². The van der Waals surface area contributed by atoms with Crippen molar-refractivity contribution in [2.45, 2.75) is 43.9 Å². The summed E-state index contributed by atoms with van der Waals surface area (Å²) >= 11 is 1.79. The molecule has 2 atom stereocenters. The lowest BCUT2D eigenvalue weighted by Gasteiger charge is -2.52. The predicted molar refractivity (Wildman–Crippen MR) is 66.3 cm³/mol. The Hall–Kier alpha value is 0.270. The Morgan fingerprint density at radius 2 is 1.93 bits per heavy atom. The Balaban J connectivity index is 1.82. The molecule has 2 unspecified atom stereocenters. The van der Waals surface area contributed by atoms with Crippen LogP contribution < -0.4 is 0 Å². The van der Waals surface area contributed by atoms with E-state index in [-0.39, 0.29) is 0 Å². The molecule has 88 valence electrons. The van der Waals surface area contributed by atoms with Crippen LogP contribution in [0.3, 0.4) is 0 Å². The van der Waals surface area contributed by atoms with Crippen molar-refractivity contribution in [1.29, 1.82) is 0 Å². The molecule has 2 rings (SSSR count). The predicted octanol–water partition coefficient (Wildman–Crippen LogP) is 1.97. The summed E-state index contributed by atoms with van der Waals surface area (Å²) in [6.07, 6.45) is 7.86. The maximum atomic E-state index is 9.27. The first-order valence-corrected chi connectivity index (χ1v) is 7.37. The largest absolute Gasteiger partial charge is 0.395 e. The Morgan fingerprint density at radius 1 is 1.33 bits per heavy atom. The van der Waals surface area contributed by atoms with E-state index in [1.54, 1.807) is 11.8 Å². The molecule has 0 aromatic heterocycles. The monoisotopic (exact) mass is 229 g/mol. The van der Waals surface area contributed by atoms with Crippen LogP contribution >= 0.6 is 11.8 Å². The highest BCUT2D eigenvalue weighted by Gasteiger charge is 2.46. The SMILES string of the molecule is CSC(CO)C(C)N1CC2(CCCC2)C1. The van der Waals surface area contributed by atoms with Gasteiger partial charge in [0.2, 0.25) is 0 Å². The van der Waals surface area contributed by atoms with E-state index in [0.29, 0.717) is 23.3 Å². The average molecular weight is 229 g/mol. The van der Waals surface area contributed by atoms with Crippen LogP contribution in [0.2, 0.25) is 0 Å². The summed E-state index contributed by atoms with van der Waals surface area (Å²) in [5.41, 5.74) is 0.687. The van der Waals surface area contributed by atoms with Crippen molar-refractivity contribution in [3.8, 4) is 0 Å². The summed E-state index contributed by atoms with van der Waals surface area (Å²) in [4.78, 5) is 2.56. The van der Waals surface area contributed by atoms with Crippen molar-refractivity contribution < 1.29 is 5.11 Å². The quantitative estimate of drug-likeness (QED) is 0.797. The standard InChI is InChI=1S/C12H23NOS/c1-10(11(7-14)15-2)13-8-12(9-13)5-3-4-6-12/h10-11,14H,3-9H2,1-2H3. The van der Waals surface area contributed by atoms with Crippen molar-refractivity contribution in [1.82, 2.24) is 4.90 Å². The molecule has 1 aliphatic carbocycles. The minimum absolute atomic E-state index is 0.311. The molecule has 1 aliphatic heterocycles. The molecule has 1 N–H and O–H groups in total. The van der Waals surface area contributed by atoms with Gasteiger partial charge in [0.1, 0.15) is 0 Å². The van der Waals surface area contributed by atoms with Gasteiger partial charge in [-0.25, -0.2) is 0 Å². The molecule has 1 heterocycles. The molecule has 1 saturated carbocycles. The van der Waals surface area contributed by atoms with Gasteiger partial charge in [0.25, 0.3) is 0 Å². The second-order valence-corrected chi connectivity index (χ2v) is 6.39. The Bertz CT molecular complexity index is 204. The molecule has 1 spiro atoms. The number of nitrogens with zero attached hydrogens (tertiary/aromatic N) is 1. The number of rotatable bonds is 4. The molecule has 1 saturated heterocycles. The third-order valence-corrected chi connectivity index (χ3v) is 5.49. The van der Waals surface area contributed by atoms with Crippen LogP contribution in [0.15, 0.2) is 0 Å². The summed E-state index contributed by atoms with van der Waals surface area (Å²) in [5.74, 6) is 0. The minimum Gasteiger partial charge on any atom is -0.395 e. The molecule has 2 aliphatic rings. The molecule has 0 bridgehead atoms. The molecular formula is C12H23NOS. The first kappa shape index (κ1) is 11.7. The molecule has 3 heteroatoms. The Labute approximate surface area is 97.4 Å². The fourth-order valence-electron chi connectivity index (χ4n) is 3.20. The third-order valence-electron chi connectivity index (χ3n) is 4.34. The molecule has 0 amide bonds. The van der Waals surface area contributed by atoms with Crippen LogP contribution in [0.5, 0.6) is 0 Å². The van der Waals surface area contributed by atoms with E-state index < -0.39 is 0 Å². The van der Waals surface area contributed by atoms with Crippen molar-refractivity contribution in [3.63, 3.8) is 0 Å². The van der Waals surface area contributed by atoms with E-state index in [2.05, 4.69) is 18.1 Å². The first-order chi connectivity index (χ1) is 7.21. The van der Waals surface area contributed by atoms with Gasteiger partial charge in [-0.2, -0.15) is 11.8 Å². The molecular weight excluding hydrogens is 206 g/mol. The molecule has 15 heavy (non-hydrogen) atoms. The highest BCUT2D eigenvalue weighted by Crippen LogP contribution is 2.46. The second-order valence-electron chi connectivity index (χ2n) is 5.31. The number of aliphatic hydroxyl groups excluding tert-OH is 1. The third kappa shape index (κ3) is 2.20. The number of hydrogen-bond donors (Lipinski definition) is 1. The van der Waals surface area contributed by atoms with E-state index >= 15 is 0 Å². The van der Waals surface area contributed by atoms with Gasteiger partial charge in [-0.05, 0) is 31.4 Å². The van der Waals surface area contributed by atoms with Crippen LogP contribution in [-0.2, 0) is 0 Å². The van der Waals surface area contributed by atoms with Crippen LogP contribution in [0.25, 0.3) is 0 Å². The average Bonchev–Trinajstić information content (AvgIpc) is 2.65. The molecule has 0 aromatic rings. The van der Waals surface area contributed by atoms with Crippen LogP contribution in [-0.4, -0.2) is 47.3 Å². The number of thioether (sulfide) groups is 1. The van der Waals surface area contributed by atoms with Crippen LogP contribution in [0.4, 0.5) is 0 Å². The lowest BCUT2D eigenvalue weighted by atomic mass is 9.77. The summed E-state index contributed by atoms with van der Waals surface area (Å²) in [5, 5.41) is 9.67. The lowest BCUT2D eigenvalue weighted by molar-refractivity contribution is -0.0253. The molecule has 0 radical (unpaired) electrons. The zero-order valence-electron chi connectivity index (χ0n) is 9.91. The van der Waals surface area contributed by atoms with Crippen molar-refractivity contribution >= 4 is 11.8 Å². The molecule has 0 aromatic carbocycles. The van der Waals surface area contributed by atoms with Crippen LogP contribution in [0, 0.1) is 5.41 Å². The smallest absolute Gasteiger partial charge is 0.0565 e. The summed E-state index contributed by atoms with van der Waals surface area (Å²) < 4.78 is 0. The van der Waals surface area contributed by atoms with E-state index in [1.807, 2.05) is 0 Å². The Kier molecular flexibility index (Phi) is 3.63. The van der Waals surface area contributed by atoms with E-state index in [0.717, 1.165) is 0 Å². The van der Waals surface area contributed by atoms with Gasteiger partial charge in [-0.3, -0.25) is 4.90 Å². The first-order valence-electron chi connectivity index (χ1n) is 6.08. The van der Waals surface area contributed by atoms with Crippen LogP contribution in [0.1, 0.15) is 32.6 Å². The van der Waals surface area contributed by atoms with E-state index in [9.17, 15) is 5.11 Å². The second kappa shape index (κ2) is 4.64. The number of aliphatic hydroxyl groups is 1. The van der Waals surface area contributed by atoms with Gasteiger partial charge in [0.05, 0.1) is 6.61 Å². The zero-order chi connectivity index (χ0) is 10.9. The van der Waals surface area contributed by atoms with Gasteiger partial charge in [0.15, 0.2) is 0 Å².